The summed E-state index contributed by atoms with van der Waals surface area (Å²) in [4.78, 5) is 18.6. The van der Waals surface area contributed by atoms with E-state index in [1.54, 1.807) is 11.0 Å². The van der Waals surface area contributed by atoms with Crippen LogP contribution in [0.2, 0.25) is 0 Å². The Balaban J connectivity index is 1.50. The van der Waals surface area contributed by atoms with Crippen molar-refractivity contribution in [3.63, 3.8) is 0 Å². The van der Waals surface area contributed by atoms with Crippen molar-refractivity contribution < 1.29 is 14.6 Å². The Morgan fingerprint density at radius 1 is 1.29 bits per heavy atom. The molecule has 1 fully saturated rings. The number of carbonyl (C=O) groups is 1. The molecular formula is C26H28N4O3S. The number of aliphatic hydroxyl groups excluding tert-OH is 1. The maximum atomic E-state index is 12.1. The van der Waals surface area contributed by atoms with Gasteiger partial charge in [-0.3, -0.25) is 4.79 Å². The van der Waals surface area contributed by atoms with E-state index in [0.717, 1.165) is 34.5 Å². The fourth-order valence-electron chi connectivity index (χ4n) is 4.26. The van der Waals surface area contributed by atoms with Crippen LogP contribution in [-0.4, -0.2) is 51.1 Å². The van der Waals surface area contributed by atoms with Gasteiger partial charge in [-0.25, -0.2) is 4.98 Å². The molecule has 34 heavy (non-hydrogen) atoms. The molecule has 0 bridgehead atoms. The average Bonchev–Trinajstić information content (AvgIpc) is 3.45. The molecule has 1 N–H and O–H groups in total. The van der Waals surface area contributed by atoms with E-state index >= 15 is 0 Å². The minimum Gasteiger partial charge on any atom is -0.490 e. The summed E-state index contributed by atoms with van der Waals surface area (Å²) in [6.07, 6.45) is 2.25. The molecule has 0 radical (unpaired) electrons. The van der Waals surface area contributed by atoms with E-state index in [1.165, 1.54) is 11.5 Å². The number of β-amino-alcohol motifs (C(OH)–C–C–N with tert-alkyl or cyclic N) is 1. The molecule has 1 unspecified atom stereocenters. The molecule has 0 spiro atoms. The zero-order chi connectivity index (χ0) is 24.1. The first kappa shape index (κ1) is 23.9. The van der Waals surface area contributed by atoms with Gasteiger partial charge in [0.25, 0.3) is 0 Å². The Bertz CT molecular complexity index is 1200. The molecule has 3 aromatic rings. The summed E-state index contributed by atoms with van der Waals surface area (Å²) in [5, 5.41) is 19.4. The van der Waals surface area contributed by atoms with Crippen molar-refractivity contribution in [3.8, 4) is 33.8 Å². The summed E-state index contributed by atoms with van der Waals surface area (Å²) in [5.74, 6) is 1.65. The van der Waals surface area contributed by atoms with E-state index in [4.69, 9.17) is 14.8 Å². The number of likely N-dealkylation sites (tertiary alicyclic amines) is 1. The van der Waals surface area contributed by atoms with E-state index in [9.17, 15) is 10.1 Å². The van der Waals surface area contributed by atoms with E-state index in [2.05, 4.69) is 16.5 Å². The number of ether oxygens (including phenoxy) is 1. The number of nitriles is 1. The molecule has 4 rings (SSSR count). The predicted octanol–water partition coefficient (Wildman–Crippen LogP) is 4.30. The van der Waals surface area contributed by atoms with Crippen LogP contribution in [0.4, 0.5) is 0 Å². The van der Waals surface area contributed by atoms with Crippen molar-refractivity contribution in [3.05, 3.63) is 53.6 Å². The summed E-state index contributed by atoms with van der Waals surface area (Å²) < 4.78 is 10.3. The molecule has 2 aromatic carbocycles. The summed E-state index contributed by atoms with van der Waals surface area (Å²) in [7, 11) is 0. The smallest absolute Gasteiger partial charge is 0.223 e. The Morgan fingerprint density at radius 2 is 2.12 bits per heavy atom. The molecule has 1 aromatic heterocycles. The number of nitrogens with zero attached hydrogens (tertiary/aromatic N) is 4. The number of rotatable bonds is 9. The topological polar surface area (TPSA) is 99.3 Å². The third-order valence-electron chi connectivity index (χ3n) is 5.88. The monoisotopic (exact) mass is 476 g/mol. The van der Waals surface area contributed by atoms with Gasteiger partial charge in [-0.05, 0) is 67.9 Å². The number of aliphatic hydroxyl groups is 1. The van der Waals surface area contributed by atoms with Crippen LogP contribution in [0.15, 0.2) is 42.5 Å². The van der Waals surface area contributed by atoms with Crippen LogP contribution in [0.25, 0.3) is 22.0 Å². The van der Waals surface area contributed by atoms with Crippen LogP contribution in [0.5, 0.6) is 5.75 Å². The van der Waals surface area contributed by atoms with Gasteiger partial charge in [0.15, 0.2) is 5.82 Å². The Kier molecular flexibility index (Phi) is 7.56. The van der Waals surface area contributed by atoms with Gasteiger partial charge < -0.3 is 14.7 Å². The largest absolute Gasteiger partial charge is 0.490 e. The van der Waals surface area contributed by atoms with Crippen molar-refractivity contribution in [2.45, 2.75) is 39.2 Å². The molecule has 1 saturated heterocycles. The second-order valence-electron chi connectivity index (χ2n) is 8.74. The first-order valence-electron chi connectivity index (χ1n) is 11.5. The SMILES string of the molecule is CC(C)Oc1ccc(-c2nc(-c3ccccc3CCC3CC(=O)N(CCO)C3)ns2)cc1C#N. The molecule has 0 aliphatic carbocycles. The number of benzene rings is 2. The van der Waals surface area contributed by atoms with Gasteiger partial charge in [0.05, 0.1) is 18.3 Å². The molecule has 1 atom stereocenters. The number of aromatic nitrogens is 2. The first-order chi connectivity index (χ1) is 16.5. The number of amides is 1. The lowest BCUT2D eigenvalue weighted by molar-refractivity contribution is -0.128. The Hall–Kier alpha value is -3.28. The van der Waals surface area contributed by atoms with Crippen molar-refractivity contribution >= 4 is 17.4 Å². The summed E-state index contributed by atoms with van der Waals surface area (Å²) in [5.41, 5.74) is 3.45. The van der Waals surface area contributed by atoms with Crippen molar-refractivity contribution in [1.29, 1.82) is 5.26 Å². The Labute approximate surface area is 203 Å². The van der Waals surface area contributed by atoms with Crippen LogP contribution in [0.3, 0.4) is 0 Å². The number of hydrogen-bond donors (Lipinski definition) is 1. The van der Waals surface area contributed by atoms with Crippen molar-refractivity contribution in [1.82, 2.24) is 14.3 Å². The maximum absolute atomic E-state index is 12.1. The molecule has 0 saturated carbocycles. The van der Waals surface area contributed by atoms with Crippen LogP contribution in [-0.2, 0) is 11.2 Å². The molecule has 1 aliphatic heterocycles. The second-order valence-corrected chi connectivity index (χ2v) is 9.49. The summed E-state index contributed by atoms with van der Waals surface area (Å²) in [6, 6.07) is 15.8. The fraction of sp³-hybridized carbons (Fsp3) is 0.385. The molecule has 176 valence electrons. The van der Waals surface area contributed by atoms with Gasteiger partial charge in [-0.1, -0.05) is 24.3 Å². The van der Waals surface area contributed by atoms with Gasteiger partial charge in [0.1, 0.15) is 16.8 Å². The number of aryl methyl sites for hydroxylation is 1. The van der Waals surface area contributed by atoms with Crippen molar-refractivity contribution in [2.24, 2.45) is 5.92 Å². The minimum atomic E-state index is -0.0114. The fourth-order valence-corrected chi connectivity index (χ4v) is 4.93. The van der Waals surface area contributed by atoms with E-state index in [-0.39, 0.29) is 18.6 Å². The third-order valence-corrected chi connectivity index (χ3v) is 6.64. The van der Waals surface area contributed by atoms with Gasteiger partial charge in [-0.2, -0.15) is 9.64 Å². The zero-order valence-corrected chi connectivity index (χ0v) is 20.2. The molecular weight excluding hydrogens is 448 g/mol. The Morgan fingerprint density at radius 3 is 2.88 bits per heavy atom. The lowest BCUT2D eigenvalue weighted by atomic mass is 9.95. The van der Waals surface area contributed by atoms with E-state index < -0.39 is 0 Å². The van der Waals surface area contributed by atoms with Gasteiger partial charge in [0, 0.05) is 30.6 Å². The molecule has 1 amide bonds. The normalized spacial score (nSPS) is 15.7. The van der Waals surface area contributed by atoms with Gasteiger partial charge in [0.2, 0.25) is 5.91 Å². The van der Waals surface area contributed by atoms with Gasteiger partial charge in [-0.15, -0.1) is 0 Å². The quantitative estimate of drug-likeness (QED) is 0.494. The average molecular weight is 477 g/mol. The predicted molar refractivity (Wildman–Crippen MR) is 131 cm³/mol. The minimum absolute atomic E-state index is 0.00244. The highest BCUT2D eigenvalue weighted by Gasteiger charge is 2.28. The first-order valence-corrected chi connectivity index (χ1v) is 12.3. The van der Waals surface area contributed by atoms with Crippen LogP contribution in [0, 0.1) is 17.2 Å². The van der Waals surface area contributed by atoms with Crippen LogP contribution < -0.4 is 4.74 Å². The molecule has 2 heterocycles. The van der Waals surface area contributed by atoms with Gasteiger partial charge >= 0.3 is 0 Å². The highest BCUT2D eigenvalue weighted by Crippen LogP contribution is 2.32. The molecule has 8 heteroatoms. The second kappa shape index (κ2) is 10.8. The zero-order valence-electron chi connectivity index (χ0n) is 19.4. The van der Waals surface area contributed by atoms with E-state index in [1.807, 2.05) is 44.2 Å². The molecule has 1 aliphatic rings. The maximum Gasteiger partial charge on any atom is 0.223 e. The highest BCUT2D eigenvalue weighted by atomic mass is 32.1. The lowest BCUT2D eigenvalue weighted by Crippen LogP contribution is -2.28. The molecule has 7 nitrogen and oxygen atoms in total. The number of carbonyl (C=O) groups excluding carboxylic acids is 1. The number of hydrogen-bond acceptors (Lipinski definition) is 7. The van der Waals surface area contributed by atoms with E-state index in [0.29, 0.717) is 42.6 Å². The standard InChI is InChI=1S/C26H28N4O3S/c1-17(2)33-23-10-9-20(14-21(23)15-27)26-28-25(29-34-26)22-6-4-3-5-19(22)8-7-18-13-24(32)30(16-18)11-12-31/h3-6,9-10,14,17-18,31H,7-8,11-13,16H2,1-2H3. The highest BCUT2D eigenvalue weighted by molar-refractivity contribution is 7.09. The van der Waals surface area contributed by atoms with Crippen molar-refractivity contribution in [2.75, 3.05) is 19.7 Å². The van der Waals surface area contributed by atoms with Crippen LogP contribution >= 0.6 is 11.5 Å². The van der Waals surface area contributed by atoms with Crippen LogP contribution in [0.1, 0.15) is 37.8 Å². The third kappa shape index (κ3) is 5.44. The lowest BCUT2D eigenvalue weighted by Gasteiger charge is -2.15. The summed E-state index contributed by atoms with van der Waals surface area (Å²) >= 11 is 1.31. The summed E-state index contributed by atoms with van der Waals surface area (Å²) in [6.45, 7) is 4.98.